The van der Waals surface area contributed by atoms with Crippen LogP contribution in [-0.2, 0) is 14.3 Å². The first-order valence-corrected chi connectivity index (χ1v) is 5.86. The Morgan fingerprint density at radius 2 is 1.90 bits per heavy atom. The lowest BCUT2D eigenvalue weighted by Gasteiger charge is -2.13. The first kappa shape index (κ1) is 15.5. The molecule has 0 aliphatic carbocycles. The molecule has 0 aliphatic rings. The maximum absolute atomic E-state index is 11.5. The lowest BCUT2D eigenvalue weighted by atomic mass is 10.1. The number of benzene rings is 1. The van der Waals surface area contributed by atoms with Crippen LogP contribution in [-0.4, -0.2) is 36.3 Å². The van der Waals surface area contributed by atoms with Crippen LogP contribution in [0.1, 0.15) is 12.8 Å². The summed E-state index contributed by atoms with van der Waals surface area (Å²) in [6.07, 6.45) is -1.08. The van der Waals surface area contributed by atoms with Gasteiger partial charge >= 0.3 is 18.0 Å². The Bertz CT molecular complexity index is 473. The number of amides is 1. The third-order valence-electron chi connectivity index (χ3n) is 2.41. The number of carbonyl (C=O) groups excluding carboxylic acids is 2. The topological polar surface area (TPSA) is 102 Å². The van der Waals surface area contributed by atoms with Crippen LogP contribution in [0.4, 0.5) is 4.79 Å². The molecule has 1 amide bonds. The molecule has 2 N–H and O–H groups in total. The van der Waals surface area contributed by atoms with Gasteiger partial charge in [0, 0.05) is 6.42 Å². The highest BCUT2D eigenvalue weighted by atomic mass is 16.6. The standard InChI is InChI=1S/C13H15NO6/c1-19-11(15)8-7-10(12(16)17)14-13(18)20-9-5-3-2-4-6-9/h2-6,10H,7-8H2,1H3,(H,14,18)(H,16,17)/t10-/m0/s1. The predicted octanol–water partition coefficient (Wildman–Crippen LogP) is 1.18. The molecule has 20 heavy (non-hydrogen) atoms. The maximum Gasteiger partial charge on any atom is 0.413 e. The van der Waals surface area contributed by atoms with Gasteiger partial charge in [-0.1, -0.05) is 18.2 Å². The second-order valence-corrected chi connectivity index (χ2v) is 3.85. The zero-order valence-electron chi connectivity index (χ0n) is 10.9. The summed E-state index contributed by atoms with van der Waals surface area (Å²) in [7, 11) is 1.20. The molecular formula is C13H15NO6. The second kappa shape index (κ2) is 7.78. The number of carbonyl (C=O) groups is 3. The minimum atomic E-state index is -1.25. The molecule has 7 nitrogen and oxygen atoms in total. The number of nitrogens with one attached hydrogen (secondary N) is 1. The van der Waals surface area contributed by atoms with Gasteiger partial charge in [0.2, 0.25) is 0 Å². The summed E-state index contributed by atoms with van der Waals surface area (Å²) in [4.78, 5) is 33.5. The van der Waals surface area contributed by atoms with Gasteiger partial charge < -0.3 is 19.9 Å². The summed E-state index contributed by atoms with van der Waals surface area (Å²) in [6.45, 7) is 0. The van der Waals surface area contributed by atoms with E-state index in [0.29, 0.717) is 5.75 Å². The van der Waals surface area contributed by atoms with Crippen LogP contribution in [0.3, 0.4) is 0 Å². The number of para-hydroxylation sites is 1. The molecule has 1 atom stereocenters. The van der Waals surface area contributed by atoms with E-state index >= 15 is 0 Å². The van der Waals surface area contributed by atoms with E-state index in [0.717, 1.165) is 0 Å². The first-order chi connectivity index (χ1) is 9.52. The summed E-state index contributed by atoms with van der Waals surface area (Å²) in [5.74, 6) is -1.50. The smallest absolute Gasteiger partial charge is 0.413 e. The lowest BCUT2D eigenvalue weighted by Crippen LogP contribution is -2.42. The highest BCUT2D eigenvalue weighted by Gasteiger charge is 2.22. The molecule has 0 saturated carbocycles. The van der Waals surface area contributed by atoms with Gasteiger partial charge in [0.25, 0.3) is 0 Å². The van der Waals surface area contributed by atoms with E-state index in [4.69, 9.17) is 9.84 Å². The van der Waals surface area contributed by atoms with Gasteiger partial charge in [-0.15, -0.1) is 0 Å². The van der Waals surface area contributed by atoms with Crippen molar-refractivity contribution in [1.29, 1.82) is 0 Å². The fourth-order valence-corrected chi connectivity index (χ4v) is 1.39. The molecule has 1 aromatic rings. The Hall–Kier alpha value is -2.57. The van der Waals surface area contributed by atoms with Crippen molar-refractivity contribution in [2.24, 2.45) is 0 Å². The largest absolute Gasteiger partial charge is 0.480 e. The highest BCUT2D eigenvalue weighted by Crippen LogP contribution is 2.09. The third kappa shape index (κ3) is 5.38. The quantitative estimate of drug-likeness (QED) is 0.759. The number of carboxylic acids is 1. The molecule has 0 saturated heterocycles. The zero-order valence-corrected chi connectivity index (χ0v) is 10.9. The molecular weight excluding hydrogens is 266 g/mol. The summed E-state index contributed by atoms with van der Waals surface area (Å²) >= 11 is 0. The fraction of sp³-hybridized carbons (Fsp3) is 0.308. The second-order valence-electron chi connectivity index (χ2n) is 3.85. The lowest BCUT2D eigenvalue weighted by molar-refractivity contribution is -0.142. The minimum Gasteiger partial charge on any atom is -0.480 e. The number of hydrogen-bond acceptors (Lipinski definition) is 5. The van der Waals surface area contributed by atoms with Gasteiger partial charge in [0.05, 0.1) is 7.11 Å². The van der Waals surface area contributed by atoms with E-state index in [1.165, 1.54) is 7.11 Å². The summed E-state index contributed by atoms with van der Waals surface area (Å²) in [5, 5.41) is 11.1. The van der Waals surface area contributed by atoms with E-state index < -0.39 is 24.1 Å². The van der Waals surface area contributed by atoms with Gasteiger partial charge in [-0.3, -0.25) is 4.79 Å². The van der Waals surface area contributed by atoms with Crippen LogP contribution in [0.15, 0.2) is 30.3 Å². The molecule has 0 aromatic heterocycles. The molecule has 0 aliphatic heterocycles. The van der Waals surface area contributed by atoms with Gasteiger partial charge in [-0.05, 0) is 18.6 Å². The van der Waals surface area contributed by atoms with E-state index in [-0.39, 0.29) is 12.8 Å². The molecule has 0 heterocycles. The van der Waals surface area contributed by atoms with Crippen LogP contribution in [0.25, 0.3) is 0 Å². The van der Waals surface area contributed by atoms with Crippen LogP contribution in [0, 0.1) is 0 Å². The fourth-order valence-electron chi connectivity index (χ4n) is 1.39. The minimum absolute atomic E-state index is 0.0775. The number of esters is 1. The monoisotopic (exact) mass is 281 g/mol. The van der Waals surface area contributed by atoms with Crippen LogP contribution < -0.4 is 10.1 Å². The Labute approximate surface area is 115 Å². The first-order valence-electron chi connectivity index (χ1n) is 5.86. The Balaban J connectivity index is 2.50. The number of ether oxygens (including phenoxy) is 2. The molecule has 0 bridgehead atoms. The summed E-state index contributed by atoms with van der Waals surface area (Å²) in [5.41, 5.74) is 0. The van der Waals surface area contributed by atoms with E-state index in [9.17, 15) is 14.4 Å². The van der Waals surface area contributed by atoms with Gasteiger partial charge in [-0.25, -0.2) is 9.59 Å². The van der Waals surface area contributed by atoms with Gasteiger partial charge in [0.15, 0.2) is 0 Å². The van der Waals surface area contributed by atoms with Crippen LogP contribution in [0.5, 0.6) is 5.75 Å². The average Bonchev–Trinajstić information content (AvgIpc) is 2.43. The molecule has 0 fully saturated rings. The molecule has 0 unspecified atom stereocenters. The third-order valence-corrected chi connectivity index (χ3v) is 2.41. The van der Waals surface area contributed by atoms with E-state index in [1.54, 1.807) is 30.3 Å². The van der Waals surface area contributed by atoms with Crippen molar-refractivity contribution in [3.63, 3.8) is 0 Å². The average molecular weight is 281 g/mol. The zero-order chi connectivity index (χ0) is 15.0. The number of carboxylic acid groups (broad SMARTS) is 1. The molecule has 108 valence electrons. The van der Waals surface area contributed by atoms with Crippen molar-refractivity contribution in [3.05, 3.63) is 30.3 Å². The van der Waals surface area contributed by atoms with Gasteiger partial charge in [-0.2, -0.15) is 0 Å². The number of methoxy groups -OCH3 is 1. The molecule has 0 spiro atoms. The van der Waals surface area contributed by atoms with Crippen molar-refractivity contribution >= 4 is 18.0 Å². The Morgan fingerprint density at radius 1 is 1.25 bits per heavy atom. The van der Waals surface area contributed by atoms with E-state index in [2.05, 4.69) is 10.1 Å². The molecule has 7 heteroatoms. The molecule has 1 rings (SSSR count). The normalized spacial score (nSPS) is 11.2. The van der Waals surface area contributed by atoms with Crippen LogP contribution in [0.2, 0.25) is 0 Å². The van der Waals surface area contributed by atoms with Crippen molar-refractivity contribution in [2.45, 2.75) is 18.9 Å². The van der Waals surface area contributed by atoms with E-state index in [1.807, 2.05) is 0 Å². The highest BCUT2D eigenvalue weighted by molar-refractivity contribution is 5.81. The van der Waals surface area contributed by atoms with Crippen molar-refractivity contribution in [1.82, 2.24) is 5.32 Å². The summed E-state index contributed by atoms with van der Waals surface area (Å²) in [6, 6.07) is 7.00. The van der Waals surface area contributed by atoms with Crippen molar-refractivity contribution < 1.29 is 29.0 Å². The van der Waals surface area contributed by atoms with Crippen molar-refractivity contribution in [3.8, 4) is 5.75 Å². The summed E-state index contributed by atoms with van der Waals surface area (Å²) < 4.78 is 9.30. The maximum atomic E-state index is 11.5. The molecule has 1 aromatic carbocycles. The van der Waals surface area contributed by atoms with Gasteiger partial charge in [0.1, 0.15) is 11.8 Å². The number of rotatable bonds is 6. The Morgan fingerprint density at radius 3 is 2.45 bits per heavy atom. The predicted molar refractivity (Wildman–Crippen MR) is 68.3 cm³/mol. The number of hydrogen-bond donors (Lipinski definition) is 2. The number of aliphatic carboxylic acids is 1. The SMILES string of the molecule is COC(=O)CC[C@H](NC(=O)Oc1ccccc1)C(=O)O. The Kier molecular flexibility index (Phi) is 6.02. The molecule has 0 radical (unpaired) electrons. The van der Waals surface area contributed by atoms with Crippen molar-refractivity contribution in [2.75, 3.05) is 7.11 Å². The van der Waals surface area contributed by atoms with Crippen LogP contribution >= 0.6 is 0 Å².